The molecule has 5 nitrogen and oxygen atoms in total. The molecule has 3 heterocycles. The number of pyridine rings is 1. The van der Waals surface area contributed by atoms with Crippen molar-refractivity contribution < 1.29 is 14.2 Å². The average molecular weight is 338 g/mol. The van der Waals surface area contributed by atoms with Gasteiger partial charge in [0.2, 0.25) is 0 Å². The van der Waals surface area contributed by atoms with E-state index in [0.717, 1.165) is 48.4 Å². The first-order valence-electron chi connectivity index (χ1n) is 8.75. The van der Waals surface area contributed by atoms with Crippen LogP contribution in [0.15, 0.2) is 54.9 Å². The van der Waals surface area contributed by atoms with Crippen LogP contribution < -0.4 is 4.74 Å². The van der Waals surface area contributed by atoms with E-state index in [9.17, 15) is 0 Å². The number of fused-ring (bicyclic) bond motifs is 1. The Morgan fingerprint density at radius 2 is 1.88 bits per heavy atom. The number of nitrogens with zero attached hydrogens (tertiary/aromatic N) is 2. The van der Waals surface area contributed by atoms with Crippen molar-refractivity contribution >= 4 is 5.52 Å². The third-order valence-corrected chi connectivity index (χ3v) is 4.47. The quantitative estimate of drug-likeness (QED) is 0.645. The van der Waals surface area contributed by atoms with E-state index in [0.29, 0.717) is 19.3 Å². The average Bonchev–Trinajstić information content (AvgIpc) is 3.11. The SMILES string of the molecule is c1ccn2ncc(-c3ccc(OCCOC4CCOCC4)cc3)c2c1. The third kappa shape index (κ3) is 3.83. The topological polar surface area (TPSA) is 45.0 Å². The van der Waals surface area contributed by atoms with Gasteiger partial charge in [0.1, 0.15) is 12.4 Å². The van der Waals surface area contributed by atoms with E-state index in [1.165, 1.54) is 0 Å². The molecule has 0 saturated carbocycles. The fraction of sp³-hybridized carbons (Fsp3) is 0.350. The first kappa shape index (κ1) is 16.1. The van der Waals surface area contributed by atoms with Crippen LogP contribution in [0.1, 0.15) is 12.8 Å². The Morgan fingerprint density at radius 3 is 2.72 bits per heavy atom. The van der Waals surface area contributed by atoms with Crippen molar-refractivity contribution in [3.63, 3.8) is 0 Å². The Hall–Kier alpha value is -2.37. The van der Waals surface area contributed by atoms with E-state index in [1.54, 1.807) is 0 Å². The highest BCUT2D eigenvalue weighted by atomic mass is 16.5. The summed E-state index contributed by atoms with van der Waals surface area (Å²) in [6.45, 7) is 2.78. The number of aromatic nitrogens is 2. The van der Waals surface area contributed by atoms with E-state index in [4.69, 9.17) is 14.2 Å². The molecule has 1 aromatic carbocycles. The van der Waals surface area contributed by atoms with E-state index >= 15 is 0 Å². The molecule has 4 rings (SSSR count). The highest BCUT2D eigenvalue weighted by Crippen LogP contribution is 2.26. The van der Waals surface area contributed by atoms with Gasteiger partial charge in [0, 0.05) is 25.0 Å². The predicted molar refractivity (Wildman–Crippen MR) is 95.9 cm³/mol. The van der Waals surface area contributed by atoms with Crippen molar-refractivity contribution in [2.24, 2.45) is 0 Å². The van der Waals surface area contributed by atoms with Crippen LogP contribution in [0.25, 0.3) is 16.6 Å². The molecule has 0 atom stereocenters. The van der Waals surface area contributed by atoms with Gasteiger partial charge in [-0.05, 0) is 42.7 Å². The zero-order chi connectivity index (χ0) is 16.9. The first-order valence-corrected chi connectivity index (χ1v) is 8.75. The van der Waals surface area contributed by atoms with Crippen molar-refractivity contribution in [1.29, 1.82) is 0 Å². The third-order valence-electron chi connectivity index (χ3n) is 4.47. The summed E-state index contributed by atoms with van der Waals surface area (Å²) in [5, 5.41) is 4.38. The van der Waals surface area contributed by atoms with Crippen molar-refractivity contribution in [1.82, 2.24) is 9.61 Å². The Labute approximate surface area is 147 Å². The van der Waals surface area contributed by atoms with Crippen LogP contribution in [-0.2, 0) is 9.47 Å². The molecule has 5 heteroatoms. The van der Waals surface area contributed by atoms with E-state index in [-0.39, 0.29) is 0 Å². The van der Waals surface area contributed by atoms with Gasteiger partial charge < -0.3 is 14.2 Å². The minimum atomic E-state index is 0.315. The Balaban J connectivity index is 1.32. The highest BCUT2D eigenvalue weighted by molar-refractivity contribution is 5.79. The normalized spacial score (nSPS) is 15.5. The molecule has 1 aliphatic rings. The minimum Gasteiger partial charge on any atom is -0.491 e. The number of rotatable bonds is 6. The summed E-state index contributed by atoms with van der Waals surface area (Å²) in [5.41, 5.74) is 3.35. The molecule has 0 bridgehead atoms. The van der Waals surface area contributed by atoms with Crippen molar-refractivity contribution in [2.45, 2.75) is 18.9 Å². The summed E-state index contributed by atoms with van der Waals surface area (Å²) < 4.78 is 18.8. The summed E-state index contributed by atoms with van der Waals surface area (Å²) in [4.78, 5) is 0. The Bertz CT molecular complexity index is 807. The molecular weight excluding hydrogens is 316 g/mol. The fourth-order valence-corrected chi connectivity index (χ4v) is 3.10. The van der Waals surface area contributed by atoms with E-state index in [2.05, 4.69) is 23.3 Å². The van der Waals surface area contributed by atoms with E-state index in [1.807, 2.05) is 41.2 Å². The van der Waals surface area contributed by atoms with Gasteiger partial charge in [-0.2, -0.15) is 5.10 Å². The molecule has 1 fully saturated rings. The lowest BCUT2D eigenvalue weighted by molar-refractivity contribution is -0.0388. The molecule has 0 N–H and O–H groups in total. The predicted octanol–water partition coefficient (Wildman–Crippen LogP) is 3.58. The standard InChI is InChI=1S/C20H22N2O3/c1-2-10-22-20(3-1)19(15-21-22)16-4-6-17(7-5-16)24-13-14-25-18-8-11-23-12-9-18/h1-7,10,15,18H,8-9,11-14H2. The molecule has 0 unspecified atom stereocenters. The van der Waals surface area contributed by atoms with Crippen molar-refractivity contribution in [3.8, 4) is 16.9 Å². The number of hydrogen-bond acceptors (Lipinski definition) is 4. The Kier molecular flexibility index (Phi) is 4.95. The van der Waals surface area contributed by atoms with E-state index < -0.39 is 0 Å². The highest BCUT2D eigenvalue weighted by Gasteiger charge is 2.13. The lowest BCUT2D eigenvalue weighted by Gasteiger charge is -2.22. The number of hydrogen-bond donors (Lipinski definition) is 0. The van der Waals surface area contributed by atoms with Crippen LogP contribution in [0.2, 0.25) is 0 Å². The lowest BCUT2D eigenvalue weighted by Crippen LogP contribution is -2.25. The van der Waals surface area contributed by atoms with Gasteiger partial charge in [-0.1, -0.05) is 18.2 Å². The van der Waals surface area contributed by atoms with Crippen molar-refractivity contribution in [2.75, 3.05) is 26.4 Å². The molecule has 1 aliphatic heterocycles. The molecule has 0 amide bonds. The number of benzene rings is 1. The molecule has 2 aromatic heterocycles. The lowest BCUT2D eigenvalue weighted by atomic mass is 10.1. The van der Waals surface area contributed by atoms with Crippen LogP contribution in [-0.4, -0.2) is 42.1 Å². The van der Waals surface area contributed by atoms with Crippen LogP contribution in [0, 0.1) is 0 Å². The summed E-state index contributed by atoms with van der Waals surface area (Å²) in [5.74, 6) is 0.857. The summed E-state index contributed by atoms with van der Waals surface area (Å²) >= 11 is 0. The monoisotopic (exact) mass is 338 g/mol. The summed E-state index contributed by atoms with van der Waals surface area (Å²) in [7, 11) is 0. The summed E-state index contributed by atoms with van der Waals surface area (Å²) in [6.07, 6.45) is 6.13. The molecule has 3 aromatic rings. The largest absolute Gasteiger partial charge is 0.491 e. The number of ether oxygens (including phenoxy) is 3. The van der Waals surface area contributed by atoms with Gasteiger partial charge in [-0.25, -0.2) is 4.52 Å². The van der Waals surface area contributed by atoms with Gasteiger partial charge in [-0.3, -0.25) is 0 Å². The van der Waals surface area contributed by atoms with Crippen LogP contribution >= 0.6 is 0 Å². The summed E-state index contributed by atoms with van der Waals surface area (Å²) in [6, 6.07) is 14.2. The first-order chi connectivity index (χ1) is 12.4. The van der Waals surface area contributed by atoms with Gasteiger partial charge in [0.15, 0.2) is 0 Å². The maximum Gasteiger partial charge on any atom is 0.119 e. The molecule has 0 spiro atoms. The second-order valence-electron chi connectivity index (χ2n) is 6.14. The zero-order valence-electron chi connectivity index (χ0n) is 14.1. The van der Waals surface area contributed by atoms with Gasteiger partial charge in [-0.15, -0.1) is 0 Å². The smallest absolute Gasteiger partial charge is 0.119 e. The zero-order valence-corrected chi connectivity index (χ0v) is 14.1. The fourth-order valence-electron chi connectivity index (χ4n) is 3.10. The van der Waals surface area contributed by atoms with Gasteiger partial charge >= 0.3 is 0 Å². The Morgan fingerprint density at radius 1 is 1.04 bits per heavy atom. The van der Waals surface area contributed by atoms with Gasteiger partial charge in [0.05, 0.1) is 24.4 Å². The molecule has 130 valence electrons. The second-order valence-corrected chi connectivity index (χ2v) is 6.14. The minimum absolute atomic E-state index is 0.315. The van der Waals surface area contributed by atoms with Gasteiger partial charge in [0.25, 0.3) is 0 Å². The van der Waals surface area contributed by atoms with Crippen LogP contribution in [0.4, 0.5) is 0 Å². The second kappa shape index (κ2) is 7.68. The maximum absolute atomic E-state index is 5.82. The molecular formula is C20H22N2O3. The molecule has 0 aliphatic carbocycles. The van der Waals surface area contributed by atoms with Crippen LogP contribution in [0.5, 0.6) is 5.75 Å². The molecule has 0 radical (unpaired) electrons. The van der Waals surface area contributed by atoms with Crippen molar-refractivity contribution in [3.05, 3.63) is 54.9 Å². The molecule has 25 heavy (non-hydrogen) atoms. The molecule has 1 saturated heterocycles. The van der Waals surface area contributed by atoms with Crippen LogP contribution in [0.3, 0.4) is 0 Å². The maximum atomic E-state index is 5.82.